The molecule has 19 heavy (non-hydrogen) atoms. The molecule has 1 aromatic carbocycles. The summed E-state index contributed by atoms with van der Waals surface area (Å²) >= 11 is 0. The van der Waals surface area contributed by atoms with Gasteiger partial charge in [0.15, 0.2) is 0 Å². The Morgan fingerprint density at radius 1 is 1.37 bits per heavy atom. The van der Waals surface area contributed by atoms with Crippen LogP contribution in [-0.2, 0) is 0 Å². The van der Waals surface area contributed by atoms with E-state index in [-0.39, 0.29) is 0 Å². The zero-order valence-corrected chi connectivity index (χ0v) is 12.2. The van der Waals surface area contributed by atoms with Crippen LogP contribution in [0.1, 0.15) is 24.2 Å². The van der Waals surface area contributed by atoms with Crippen molar-refractivity contribution in [2.75, 3.05) is 37.8 Å². The highest BCUT2D eigenvalue weighted by molar-refractivity contribution is 5.95. The summed E-state index contributed by atoms with van der Waals surface area (Å²) in [6.07, 6.45) is 0. The zero-order chi connectivity index (χ0) is 14.6. The zero-order valence-electron chi connectivity index (χ0n) is 12.2. The van der Waals surface area contributed by atoms with Gasteiger partial charge in [0.2, 0.25) is 5.91 Å². The number of carbonyl (C=O) groups is 1. The fraction of sp³-hybridized carbons (Fsp3) is 0.500. The molecule has 1 rings (SSSR count). The number of primary amides is 1. The van der Waals surface area contributed by atoms with Crippen LogP contribution in [0.4, 0.5) is 11.4 Å². The van der Waals surface area contributed by atoms with Gasteiger partial charge < -0.3 is 21.3 Å². The molecule has 0 heterocycles. The van der Waals surface area contributed by atoms with Crippen molar-refractivity contribution in [1.82, 2.24) is 4.90 Å². The summed E-state index contributed by atoms with van der Waals surface area (Å²) in [5.74, 6) is -0.433. The second-order valence-corrected chi connectivity index (χ2v) is 5.04. The van der Waals surface area contributed by atoms with E-state index in [4.69, 9.17) is 11.5 Å². The molecule has 1 unspecified atom stereocenters. The van der Waals surface area contributed by atoms with Gasteiger partial charge in [0.05, 0.1) is 11.4 Å². The first-order chi connectivity index (χ1) is 8.86. The van der Waals surface area contributed by atoms with E-state index in [1.165, 1.54) is 0 Å². The number of hydrogen-bond donors (Lipinski definition) is 2. The lowest BCUT2D eigenvalue weighted by Crippen LogP contribution is -2.40. The Bertz CT molecular complexity index is 445. The van der Waals surface area contributed by atoms with E-state index in [1.54, 1.807) is 18.2 Å². The van der Waals surface area contributed by atoms with Gasteiger partial charge in [-0.05, 0) is 46.1 Å². The van der Waals surface area contributed by atoms with Crippen LogP contribution in [0.5, 0.6) is 0 Å². The summed E-state index contributed by atoms with van der Waals surface area (Å²) in [5.41, 5.74) is 13.4. The van der Waals surface area contributed by atoms with Crippen molar-refractivity contribution in [3.8, 4) is 0 Å². The number of nitrogen functional groups attached to an aromatic ring is 1. The fourth-order valence-corrected chi connectivity index (χ4v) is 2.29. The molecule has 106 valence electrons. The highest BCUT2D eigenvalue weighted by atomic mass is 16.1. The molecule has 0 bridgehead atoms. The van der Waals surface area contributed by atoms with Gasteiger partial charge in [0.25, 0.3) is 0 Å². The number of amides is 1. The minimum atomic E-state index is -0.433. The van der Waals surface area contributed by atoms with Crippen molar-refractivity contribution in [2.45, 2.75) is 19.9 Å². The van der Waals surface area contributed by atoms with Crippen LogP contribution < -0.4 is 16.4 Å². The summed E-state index contributed by atoms with van der Waals surface area (Å²) in [7, 11) is 4.07. The number of nitrogens with two attached hydrogens (primary N) is 2. The Morgan fingerprint density at radius 3 is 2.47 bits per heavy atom. The number of nitrogens with zero attached hydrogens (tertiary/aromatic N) is 2. The topological polar surface area (TPSA) is 75.6 Å². The average Bonchev–Trinajstić information content (AvgIpc) is 2.31. The van der Waals surface area contributed by atoms with E-state index < -0.39 is 5.91 Å². The first kappa shape index (κ1) is 15.3. The quantitative estimate of drug-likeness (QED) is 0.756. The summed E-state index contributed by atoms with van der Waals surface area (Å²) in [6, 6.07) is 5.46. The van der Waals surface area contributed by atoms with Gasteiger partial charge in [-0.3, -0.25) is 4.79 Å². The Hall–Kier alpha value is -1.75. The van der Waals surface area contributed by atoms with Gasteiger partial charge in [0.1, 0.15) is 0 Å². The predicted octanol–water partition coefficient (Wildman–Crippen LogP) is 1.14. The van der Waals surface area contributed by atoms with Crippen molar-refractivity contribution >= 4 is 17.3 Å². The molecule has 0 fully saturated rings. The van der Waals surface area contributed by atoms with Crippen LogP contribution in [0.3, 0.4) is 0 Å². The Labute approximate surface area is 115 Å². The van der Waals surface area contributed by atoms with E-state index in [1.807, 2.05) is 14.1 Å². The predicted molar refractivity (Wildman–Crippen MR) is 80.4 cm³/mol. The molecule has 0 radical (unpaired) electrons. The highest BCUT2D eigenvalue weighted by Gasteiger charge is 2.17. The molecule has 1 aromatic rings. The third kappa shape index (κ3) is 3.86. The molecule has 0 spiro atoms. The van der Waals surface area contributed by atoms with E-state index in [0.717, 1.165) is 18.8 Å². The second-order valence-electron chi connectivity index (χ2n) is 5.04. The standard InChI is InChI=1S/C14H24N4O/c1-5-18(10(2)9-17(3)4)13-8-11(14(16)19)6-7-12(13)15/h6-8,10H,5,9,15H2,1-4H3,(H2,16,19). The maximum Gasteiger partial charge on any atom is 0.248 e. The summed E-state index contributed by atoms with van der Waals surface area (Å²) in [4.78, 5) is 15.6. The lowest BCUT2D eigenvalue weighted by molar-refractivity contribution is 0.100. The van der Waals surface area contributed by atoms with E-state index in [9.17, 15) is 4.79 Å². The van der Waals surface area contributed by atoms with Crippen molar-refractivity contribution < 1.29 is 4.79 Å². The smallest absolute Gasteiger partial charge is 0.248 e. The molecular formula is C14H24N4O. The van der Waals surface area contributed by atoms with Crippen LogP contribution in [0.25, 0.3) is 0 Å². The van der Waals surface area contributed by atoms with Crippen molar-refractivity contribution in [1.29, 1.82) is 0 Å². The largest absolute Gasteiger partial charge is 0.397 e. The molecule has 1 amide bonds. The van der Waals surface area contributed by atoms with Gasteiger partial charge in [-0.2, -0.15) is 0 Å². The van der Waals surface area contributed by atoms with Crippen LogP contribution in [0.2, 0.25) is 0 Å². The molecule has 0 aromatic heterocycles. The Kier molecular flexibility index (Phi) is 5.18. The number of anilines is 2. The van der Waals surface area contributed by atoms with E-state index >= 15 is 0 Å². The number of likely N-dealkylation sites (N-methyl/N-ethyl adjacent to an activating group) is 2. The first-order valence-corrected chi connectivity index (χ1v) is 6.47. The molecule has 4 N–H and O–H groups in total. The first-order valence-electron chi connectivity index (χ1n) is 6.47. The molecular weight excluding hydrogens is 240 g/mol. The molecule has 5 nitrogen and oxygen atoms in total. The molecule has 0 aliphatic heterocycles. The molecule has 0 aliphatic rings. The number of rotatable bonds is 6. The van der Waals surface area contributed by atoms with Gasteiger partial charge in [-0.25, -0.2) is 0 Å². The normalized spacial score (nSPS) is 12.5. The van der Waals surface area contributed by atoms with Gasteiger partial charge in [0, 0.05) is 24.7 Å². The monoisotopic (exact) mass is 264 g/mol. The van der Waals surface area contributed by atoms with Crippen molar-refractivity contribution in [3.05, 3.63) is 23.8 Å². The molecule has 0 aliphatic carbocycles. The maximum atomic E-state index is 11.3. The minimum Gasteiger partial charge on any atom is -0.397 e. The third-order valence-corrected chi connectivity index (χ3v) is 3.13. The van der Waals surface area contributed by atoms with Crippen molar-refractivity contribution in [3.63, 3.8) is 0 Å². The van der Waals surface area contributed by atoms with Gasteiger partial charge >= 0.3 is 0 Å². The summed E-state index contributed by atoms with van der Waals surface area (Å²) in [5, 5.41) is 0. The summed E-state index contributed by atoms with van der Waals surface area (Å²) < 4.78 is 0. The molecule has 0 saturated heterocycles. The fourth-order valence-electron chi connectivity index (χ4n) is 2.29. The van der Waals surface area contributed by atoms with E-state index in [2.05, 4.69) is 23.6 Å². The van der Waals surface area contributed by atoms with E-state index in [0.29, 0.717) is 17.3 Å². The SMILES string of the molecule is CCN(c1cc(C(N)=O)ccc1N)C(C)CN(C)C. The number of carbonyl (C=O) groups excluding carboxylic acids is 1. The number of benzene rings is 1. The lowest BCUT2D eigenvalue weighted by atomic mass is 10.1. The van der Waals surface area contributed by atoms with Crippen LogP contribution in [0.15, 0.2) is 18.2 Å². The second kappa shape index (κ2) is 6.43. The molecule has 0 saturated carbocycles. The Balaban J connectivity index is 3.09. The van der Waals surface area contributed by atoms with Crippen LogP contribution in [0, 0.1) is 0 Å². The summed E-state index contributed by atoms with van der Waals surface area (Å²) in [6.45, 7) is 5.94. The lowest BCUT2D eigenvalue weighted by Gasteiger charge is -2.33. The molecule has 1 atom stereocenters. The third-order valence-electron chi connectivity index (χ3n) is 3.13. The maximum absolute atomic E-state index is 11.3. The van der Waals surface area contributed by atoms with Gasteiger partial charge in [-0.15, -0.1) is 0 Å². The minimum absolute atomic E-state index is 0.297. The Morgan fingerprint density at radius 2 is 2.00 bits per heavy atom. The number of hydrogen-bond acceptors (Lipinski definition) is 4. The molecule has 5 heteroatoms. The van der Waals surface area contributed by atoms with Crippen LogP contribution in [-0.4, -0.2) is 44.0 Å². The highest BCUT2D eigenvalue weighted by Crippen LogP contribution is 2.26. The van der Waals surface area contributed by atoms with Crippen LogP contribution >= 0.6 is 0 Å². The van der Waals surface area contributed by atoms with Gasteiger partial charge in [-0.1, -0.05) is 0 Å². The van der Waals surface area contributed by atoms with Crippen molar-refractivity contribution in [2.24, 2.45) is 5.73 Å². The average molecular weight is 264 g/mol.